The van der Waals surface area contributed by atoms with Gasteiger partial charge in [-0.15, -0.1) is 0 Å². The molecular formula is C13H16N2O3. The number of rotatable bonds is 4. The third kappa shape index (κ3) is 2.50. The fourth-order valence-electron chi connectivity index (χ4n) is 2.38. The summed E-state index contributed by atoms with van der Waals surface area (Å²) in [6.07, 6.45) is 5.75. The van der Waals surface area contributed by atoms with Gasteiger partial charge in [0.05, 0.1) is 5.69 Å². The molecule has 0 spiro atoms. The van der Waals surface area contributed by atoms with E-state index in [1.54, 1.807) is 6.07 Å². The molecule has 1 aromatic rings. The fraction of sp³-hybridized carbons (Fsp3) is 0.462. The van der Waals surface area contributed by atoms with Crippen LogP contribution in [0.15, 0.2) is 12.3 Å². The molecule has 1 aliphatic rings. The summed E-state index contributed by atoms with van der Waals surface area (Å²) in [6.45, 7) is 1.66. The Morgan fingerprint density at radius 1 is 1.39 bits per heavy atom. The minimum absolute atomic E-state index is 0.0521. The standard InChI is InChI=1S/C13H16N2O3/c16-9-5-10-4-6-14-11(13(17)18)12(10)15-7-2-1-3-8-15/h4,6,9H,1-3,5,7-8H2,(H,17,18). The van der Waals surface area contributed by atoms with Gasteiger partial charge >= 0.3 is 5.97 Å². The Balaban J connectivity index is 2.44. The predicted octanol–water partition coefficient (Wildman–Crippen LogP) is 1.51. The first-order valence-electron chi connectivity index (χ1n) is 6.14. The van der Waals surface area contributed by atoms with Crippen molar-refractivity contribution < 1.29 is 14.7 Å². The summed E-state index contributed by atoms with van der Waals surface area (Å²) in [6, 6.07) is 1.73. The molecule has 0 bridgehead atoms. The van der Waals surface area contributed by atoms with Gasteiger partial charge in [0.2, 0.25) is 0 Å². The van der Waals surface area contributed by atoms with Crippen LogP contribution in [-0.4, -0.2) is 35.4 Å². The number of pyridine rings is 1. The maximum Gasteiger partial charge on any atom is 0.356 e. The molecule has 96 valence electrons. The summed E-state index contributed by atoms with van der Waals surface area (Å²) in [4.78, 5) is 27.9. The van der Waals surface area contributed by atoms with E-state index in [1.807, 2.05) is 4.90 Å². The predicted molar refractivity (Wildman–Crippen MR) is 67.0 cm³/mol. The van der Waals surface area contributed by atoms with Gasteiger partial charge in [0.15, 0.2) is 5.69 Å². The van der Waals surface area contributed by atoms with Crippen molar-refractivity contribution in [3.8, 4) is 0 Å². The number of hydrogen-bond donors (Lipinski definition) is 1. The van der Waals surface area contributed by atoms with Gasteiger partial charge in [-0.05, 0) is 30.9 Å². The minimum Gasteiger partial charge on any atom is -0.476 e. The summed E-state index contributed by atoms with van der Waals surface area (Å²) in [7, 11) is 0. The molecule has 0 unspecified atom stereocenters. The second-order valence-electron chi connectivity index (χ2n) is 4.39. The molecule has 1 N–H and O–H groups in total. The highest BCUT2D eigenvalue weighted by molar-refractivity contribution is 5.93. The van der Waals surface area contributed by atoms with Crippen molar-refractivity contribution in [3.05, 3.63) is 23.5 Å². The molecule has 0 aliphatic carbocycles. The Kier molecular flexibility index (Phi) is 3.92. The zero-order valence-corrected chi connectivity index (χ0v) is 10.1. The number of hydrogen-bond acceptors (Lipinski definition) is 4. The summed E-state index contributed by atoms with van der Waals surface area (Å²) in [5.74, 6) is -1.04. The number of carbonyl (C=O) groups is 2. The van der Waals surface area contributed by atoms with Gasteiger partial charge in [0.25, 0.3) is 0 Å². The van der Waals surface area contributed by atoms with Crippen molar-refractivity contribution in [3.63, 3.8) is 0 Å². The van der Waals surface area contributed by atoms with E-state index in [-0.39, 0.29) is 12.1 Å². The maximum atomic E-state index is 11.2. The van der Waals surface area contributed by atoms with Crippen LogP contribution in [0.25, 0.3) is 0 Å². The number of aromatic carboxylic acids is 1. The van der Waals surface area contributed by atoms with Crippen LogP contribution >= 0.6 is 0 Å². The third-order valence-corrected chi connectivity index (χ3v) is 3.19. The van der Waals surface area contributed by atoms with Crippen molar-refractivity contribution in [2.75, 3.05) is 18.0 Å². The zero-order valence-electron chi connectivity index (χ0n) is 10.1. The van der Waals surface area contributed by atoms with Crippen LogP contribution in [0.1, 0.15) is 35.3 Å². The van der Waals surface area contributed by atoms with E-state index in [2.05, 4.69) is 4.98 Å². The average molecular weight is 248 g/mol. The van der Waals surface area contributed by atoms with Crippen LogP contribution in [0, 0.1) is 0 Å². The average Bonchev–Trinajstić information content (AvgIpc) is 2.40. The van der Waals surface area contributed by atoms with Crippen molar-refractivity contribution in [1.29, 1.82) is 0 Å². The first kappa shape index (κ1) is 12.5. The monoisotopic (exact) mass is 248 g/mol. The van der Waals surface area contributed by atoms with Gasteiger partial charge < -0.3 is 14.8 Å². The molecule has 2 rings (SSSR count). The van der Waals surface area contributed by atoms with E-state index in [0.29, 0.717) is 5.69 Å². The number of anilines is 1. The molecule has 0 amide bonds. The number of piperidine rings is 1. The van der Waals surface area contributed by atoms with Gasteiger partial charge in [0.1, 0.15) is 6.29 Å². The fourth-order valence-corrected chi connectivity index (χ4v) is 2.38. The third-order valence-electron chi connectivity index (χ3n) is 3.19. The largest absolute Gasteiger partial charge is 0.476 e. The lowest BCUT2D eigenvalue weighted by Crippen LogP contribution is -2.32. The summed E-state index contributed by atoms with van der Waals surface area (Å²) in [5.41, 5.74) is 1.42. The van der Waals surface area contributed by atoms with Gasteiger partial charge in [-0.25, -0.2) is 9.78 Å². The highest BCUT2D eigenvalue weighted by Crippen LogP contribution is 2.27. The molecule has 0 radical (unpaired) electrons. The smallest absolute Gasteiger partial charge is 0.356 e. The maximum absolute atomic E-state index is 11.2. The van der Waals surface area contributed by atoms with Crippen LogP contribution in [-0.2, 0) is 11.2 Å². The van der Waals surface area contributed by atoms with Crippen LogP contribution in [0.3, 0.4) is 0 Å². The van der Waals surface area contributed by atoms with Crippen LogP contribution in [0.2, 0.25) is 0 Å². The number of carboxylic acid groups (broad SMARTS) is 1. The quantitative estimate of drug-likeness (QED) is 0.818. The minimum atomic E-state index is -1.04. The van der Waals surface area contributed by atoms with Crippen LogP contribution < -0.4 is 4.90 Å². The van der Waals surface area contributed by atoms with E-state index in [0.717, 1.165) is 37.8 Å². The molecule has 2 heterocycles. The SMILES string of the molecule is O=CCc1ccnc(C(=O)O)c1N1CCCCC1. The Hall–Kier alpha value is -1.91. The Labute approximate surface area is 105 Å². The molecule has 1 fully saturated rings. The molecule has 5 nitrogen and oxygen atoms in total. The van der Waals surface area contributed by atoms with E-state index < -0.39 is 5.97 Å². The Morgan fingerprint density at radius 2 is 2.11 bits per heavy atom. The van der Waals surface area contributed by atoms with E-state index >= 15 is 0 Å². The van der Waals surface area contributed by atoms with Gasteiger partial charge in [-0.2, -0.15) is 0 Å². The van der Waals surface area contributed by atoms with E-state index in [9.17, 15) is 14.7 Å². The second-order valence-corrected chi connectivity index (χ2v) is 4.39. The first-order valence-corrected chi connectivity index (χ1v) is 6.14. The summed E-state index contributed by atoms with van der Waals surface area (Å²) in [5, 5.41) is 9.21. The molecule has 1 aromatic heterocycles. The van der Waals surface area contributed by atoms with Gasteiger partial charge in [0, 0.05) is 25.7 Å². The van der Waals surface area contributed by atoms with Crippen LogP contribution in [0.4, 0.5) is 5.69 Å². The lowest BCUT2D eigenvalue weighted by molar-refractivity contribution is -0.107. The molecule has 0 aromatic carbocycles. The molecule has 0 saturated carbocycles. The number of aromatic nitrogens is 1. The zero-order chi connectivity index (χ0) is 13.0. The number of carboxylic acids is 1. The van der Waals surface area contributed by atoms with E-state index in [1.165, 1.54) is 12.6 Å². The highest BCUT2D eigenvalue weighted by atomic mass is 16.4. The van der Waals surface area contributed by atoms with E-state index in [4.69, 9.17) is 0 Å². The van der Waals surface area contributed by atoms with Crippen molar-refractivity contribution >= 4 is 17.9 Å². The Morgan fingerprint density at radius 3 is 2.72 bits per heavy atom. The molecular weight excluding hydrogens is 232 g/mol. The second kappa shape index (κ2) is 5.62. The molecule has 5 heteroatoms. The molecule has 1 aliphatic heterocycles. The number of aldehydes is 1. The van der Waals surface area contributed by atoms with Crippen molar-refractivity contribution in [2.45, 2.75) is 25.7 Å². The van der Waals surface area contributed by atoms with Crippen LogP contribution in [0.5, 0.6) is 0 Å². The highest BCUT2D eigenvalue weighted by Gasteiger charge is 2.22. The summed E-state index contributed by atoms with van der Waals surface area (Å²) < 4.78 is 0. The molecule has 0 atom stereocenters. The Bertz CT molecular complexity index is 454. The molecule has 18 heavy (non-hydrogen) atoms. The molecule has 1 saturated heterocycles. The topological polar surface area (TPSA) is 70.5 Å². The first-order chi connectivity index (χ1) is 8.74. The normalized spacial score (nSPS) is 15.4. The number of nitrogens with zero attached hydrogens (tertiary/aromatic N) is 2. The number of carbonyl (C=O) groups excluding carboxylic acids is 1. The lowest BCUT2D eigenvalue weighted by Gasteiger charge is -2.31. The van der Waals surface area contributed by atoms with Gasteiger partial charge in [-0.3, -0.25) is 0 Å². The lowest BCUT2D eigenvalue weighted by atomic mass is 10.0. The van der Waals surface area contributed by atoms with Gasteiger partial charge in [-0.1, -0.05) is 0 Å². The van der Waals surface area contributed by atoms with Crippen molar-refractivity contribution in [2.24, 2.45) is 0 Å². The summed E-state index contributed by atoms with van der Waals surface area (Å²) >= 11 is 0. The van der Waals surface area contributed by atoms with Crippen molar-refractivity contribution in [1.82, 2.24) is 4.98 Å².